The molecule has 1 fully saturated rings. The van der Waals surface area contributed by atoms with Crippen LogP contribution < -0.4 is 0 Å². The minimum Gasteiger partial charge on any atom is -0.390 e. The van der Waals surface area contributed by atoms with Crippen LogP contribution >= 0.6 is 11.6 Å². The predicted octanol–water partition coefficient (Wildman–Crippen LogP) is 4.99. The number of hydrogen-bond donors (Lipinski definition) is 1. The van der Waals surface area contributed by atoms with Gasteiger partial charge in [-0.15, -0.1) is 0 Å². The standard InChI is InChI=1S/C17H25ClO/c1-2-4-14-5-3-11-17(19,12-10-14)13-15-6-8-16(18)9-7-15/h6-9,14,19H,2-5,10-13H2,1H3. The van der Waals surface area contributed by atoms with Gasteiger partial charge in [-0.3, -0.25) is 0 Å². The summed E-state index contributed by atoms with van der Waals surface area (Å²) in [5.41, 5.74) is 0.692. The Morgan fingerprint density at radius 1 is 1.21 bits per heavy atom. The highest BCUT2D eigenvalue weighted by Gasteiger charge is 2.30. The van der Waals surface area contributed by atoms with Crippen molar-refractivity contribution in [2.45, 2.75) is 63.9 Å². The zero-order valence-corrected chi connectivity index (χ0v) is 12.6. The molecule has 1 aliphatic rings. The molecular formula is C17H25ClO. The monoisotopic (exact) mass is 280 g/mol. The molecule has 0 heterocycles. The fourth-order valence-corrected chi connectivity index (χ4v) is 3.44. The molecule has 106 valence electrons. The first-order chi connectivity index (χ1) is 9.11. The van der Waals surface area contributed by atoms with E-state index in [0.29, 0.717) is 0 Å². The Labute approximate surface area is 122 Å². The smallest absolute Gasteiger partial charge is 0.0688 e. The van der Waals surface area contributed by atoms with Crippen molar-refractivity contribution < 1.29 is 5.11 Å². The number of rotatable bonds is 4. The second kappa shape index (κ2) is 6.76. The molecular weight excluding hydrogens is 256 g/mol. The Hall–Kier alpha value is -0.530. The summed E-state index contributed by atoms with van der Waals surface area (Å²) in [6, 6.07) is 7.90. The van der Waals surface area contributed by atoms with E-state index in [2.05, 4.69) is 6.92 Å². The SMILES string of the molecule is CCCC1CCCC(O)(Cc2ccc(Cl)cc2)CC1. The third kappa shape index (κ3) is 4.50. The molecule has 0 saturated heterocycles. The van der Waals surface area contributed by atoms with Crippen LogP contribution in [0.15, 0.2) is 24.3 Å². The van der Waals surface area contributed by atoms with Crippen LogP contribution in [0, 0.1) is 5.92 Å². The predicted molar refractivity (Wildman–Crippen MR) is 81.6 cm³/mol. The molecule has 1 nitrogen and oxygen atoms in total. The van der Waals surface area contributed by atoms with Crippen molar-refractivity contribution in [3.05, 3.63) is 34.9 Å². The normalized spacial score (nSPS) is 28.1. The lowest BCUT2D eigenvalue weighted by Crippen LogP contribution is -2.30. The number of benzene rings is 1. The fourth-order valence-electron chi connectivity index (χ4n) is 3.32. The molecule has 1 aromatic rings. The summed E-state index contributed by atoms with van der Waals surface area (Å²) >= 11 is 5.91. The van der Waals surface area contributed by atoms with Crippen LogP contribution in [-0.4, -0.2) is 10.7 Å². The van der Waals surface area contributed by atoms with Crippen LogP contribution in [0.4, 0.5) is 0 Å². The van der Waals surface area contributed by atoms with Crippen molar-refractivity contribution >= 4 is 11.6 Å². The Morgan fingerprint density at radius 2 is 1.95 bits per heavy atom. The molecule has 2 heteroatoms. The maximum atomic E-state index is 10.8. The molecule has 1 aromatic carbocycles. The minimum absolute atomic E-state index is 0.504. The van der Waals surface area contributed by atoms with E-state index < -0.39 is 5.60 Å². The van der Waals surface area contributed by atoms with Gasteiger partial charge in [0, 0.05) is 11.4 Å². The maximum Gasteiger partial charge on any atom is 0.0688 e. The van der Waals surface area contributed by atoms with E-state index in [-0.39, 0.29) is 0 Å². The Morgan fingerprint density at radius 3 is 2.63 bits per heavy atom. The minimum atomic E-state index is -0.504. The molecule has 1 saturated carbocycles. The highest BCUT2D eigenvalue weighted by Crippen LogP contribution is 2.34. The van der Waals surface area contributed by atoms with Crippen molar-refractivity contribution in [1.82, 2.24) is 0 Å². The molecule has 0 aromatic heterocycles. The van der Waals surface area contributed by atoms with Gasteiger partial charge in [-0.2, -0.15) is 0 Å². The van der Waals surface area contributed by atoms with Gasteiger partial charge < -0.3 is 5.11 Å². The number of hydrogen-bond acceptors (Lipinski definition) is 1. The average Bonchev–Trinajstić information content (AvgIpc) is 2.56. The van der Waals surface area contributed by atoms with Gasteiger partial charge in [0.1, 0.15) is 0 Å². The summed E-state index contributed by atoms with van der Waals surface area (Å²) in [4.78, 5) is 0. The van der Waals surface area contributed by atoms with Gasteiger partial charge in [-0.25, -0.2) is 0 Å². The molecule has 1 N–H and O–H groups in total. The summed E-state index contributed by atoms with van der Waals surface area (Å²) in [6.07, 6.45) is 8.86. The average molecular weight is 281 g/mol. The molecule has 2 atom stereocenters. The van der Waals surface area contributed by atoms with E-state index in [0.717, 1.165) is 36.6 Å². The van der Waals surface area contributed by atoms with E-state index in [1.165, 1.54) is 31.2 Å². The van der Waals surface area contributed by atoms with E-state index >= 15 is 0 Å². The van der Waals surface area contributed by atoms with Crippen LogP contribution in [-0.2, 0) is 6.42 Å². The second-order valence-electron chi connectivity index (χ2n) is 6.11. The lowest BCUT2D eigenvalue weighted by atomic mass is 9.87. The Balaban J connectivity index is 1.96. The fraction of sp³-hybridized carbons (Fsp3) is 0.647. The largest absolute Gasteiger partial charge is 0.390 e. The van der Waals surface area contributed by atoms with Crippen LogP contribution in [0.5, 0.6) is 0 Å². The Bertz CT molecular complexity index is 387. The van der Waals surface area contributed by atoms with Crippen molar-refractivity contribution in [3.8, 4) is 0 Å². The van der Waals surface area contributed by atoms with Crippen molar-refractivity contribution in [2.24, 2.45) is 5.92 Å². The summed E-state index contributed by atoms with van der Waals surface area (Å²) in [5.74, 6) is 0.823. The van der Waals surface area contributed by atoms with E-state index in [9.17, 15) is 5.11 Å². The molecule has 0 spiro atoms. The van der Waals surface area contributed by atoms with Gasteiger partial charge in [-0.05, 0) is 42.9 Å². The summed E-state index contributed by atoms with van der Waals surface area (Å²) in [6.45, 7) is 2.25. The quantitative estimate of drug-likeness (QED) is 0.770. The maximum absolute atomic E-state index is 10.8. The van der Waals surface area contributed by atoms with Gasteiger partial charge in [-0.1, -0.05) is 56.3 Å². The van der Waals surface area contributed by atoms with Crippen LogP contribution in [0.3, 0.4) is 0 Å². The van der Waals surface area contributed by atoms with E-state index in [1.54, 1.807) is 0 Å². The highest BCUT2D eigenvalue weighted by atomic mass is 35.5. The lowest BCUT2D eigenvalue weighted by Gasteiger charge is -2.27. The third-order valence-electron chi connectivity index (χ3n) is 4.42. The van der Waals surface area contributed by atoms with Gasteiger partial charge in [0.15, 0.2) is 0 Å². The zero-order chi connectivity index (χ0) is 13.7. The second-order valence-corrected chi connectivity index (χ2v) is 6.55. The van der Waals surface area contributed by atoms with Gasteiger partial charge >= 0.3 is 0 Å². The van der Waals surface area contributed by atoms with Crippen LogP contribution in [0.25, 0.3) is 0 Å². The molecule has 0 radical (unpaired) electrons. The lowest BCUT2D eigenvalue weighted by molar-refractivity contribution is 0.0241. The van der Waals surface area contributed by atoms with Gasteiger partial charge in [0.05, 0.1) is 5.60 Å². The molecule has 0 aliphatic heterocycles. The number of aliphatic hydroxyl groups is 1. The Kier molecular flexibility index (Phi) is 5.29. The first kappa shape index (κ1) is 14.9. The summed E-state index contributed by atoms with van der Waals surface area (Å²) < 4.78 is 0. The molecule has 1 aliphatic carbocycles. The highest BCUT2D eigenvalue weighted by molar-refractivity contribution is 6.30. The van der Waals surface area contributed by atoms with Crippen LogP contribution in [0.1, 0.15) is 57.4 Å². The van der Waals surface area contributed by atoms with Crippen LogP contribution in [0.2, 0.25) is 5.02 Å². The summed E-state index contributed by atoms with van der Waals surface area (Å²) in [5, 5.41) is 11.6. The topological polar surface area (TPSA) is 20.2 Å². The van der Waals surface area contributed by atoms with Gasteiger partial charge in [0.2, 0.25) is 0 Å². The number of halogens is 1. The molecule has 2 unspecified atom stereocenters. The van der Waals surface area contributed by atoms with Crippen molar-refractivity contribution in [2.75, 3.05) is 0 Å². The van der Waals surface area contributed by atoms with E-state index in [1.807, 2.05) is 24.3 Å². The van der Waals surface area contributed by atoms with Crippen molar-refractivity contribution in [3.63, 3.8) is 0 Å². The van der Waals surface area contributed by atoms with E-state index in [4.69, 9.17) is 11.6 Å². The third-order valence-corrected chi connectivity index (χ3v) is 4.67. The molecule has 0 bridgehead atoms. The van der Waals surface area contributed by atoms with Gasteiger partial charge in [0.25, 0.3) is 0 Å². The molecule has 2 rings (SSSR count). The zero-order valence-electron chi connectivity index (χ0n) is 11.9. The molecule has 0 amide bonds. The summed E-state index contributed by atoms with van der Waals surface area (Å²) in [7, 11) is 0. The first-order valence-electron chi connectivity index (χ1n) is 7.58. The molecule has 19 heavy (non-hydrogen) atoms. The first-order valence-corrected chi connectivity index (χ1v) is 7.96. The van der Waals surface area contributed by atoms with Crippen molar-refractivity contribution in [1.29, 1.82) is 0 Å².